The van der Waals surface area contributed by atoms with Crippen LogP contribution in [0.25, 0.3) is 0 Å². The number of carbonyl (C=O) groups excluding carboxylic acids is 1. The molecule has 0 unspecified atom stereocenters. The summed E-state index contributed by atoms with van der Waals surface area (Å²) in [5.41, 5.74) is 1.10. The van der Waals surface area contributed by atoms with Crippen LogP contribution in [0.2, 0.25) is 0 Å². The molecular formula is C14H18F4N2O. The number of rotatable bonds is 8. The summed E-state index contributed by atoms with van der Waals surface area (Å²) < 4.78 is 49.1. The maximum absolute atomic E-state index is 12.6. The van der Waals surface area contributed by atoms with E-state index in [4.69, 9.17) is 0 Å². The van der Waals surface area contributed by atoms with Gasteiger partial charge >= 0.3 is 12.3 Å². The second-order valence-corrected chi connectivity index (χ2v) is 4.76. The minimum absolute atomic E-state index is 0.0692. The van der Waals surface area contributed by atoms with Gasteiger partial charge in [-0.05, 0) is 25.6 Å². The molecule has 0 aliphatic rings. The smallest absolute Gasteiger partial charge is 0.351 e. The molecule has 0 spiro atoms. The fourth-order valence-corrected chi connectivity index (χ4v) is 1.74. The third-order valence-corrected chi connectivity index (χ3v) is 2.87. The molecule has 21 heavy (non-hydrogen) atoms. The molecule has 0 fully saturated rings. The van der Waals surface area contributed by atoms with Crippen LogP contribution >= 0.6 is 0 Å². The quantitative estimate of drug-likeness (QED) is 0.591. The van der Waals surface area contributed by atoms with Crippen molar-refractivity contribution in [1.82, 2.24) is 10.2 Å². The molecule has 118 valence electrons. The van der Waals surface area contributed by atoms with Crippen LogP contribution in [0.1, 0.15) is 12.0 Å². The van der Waals surface area contributed by atoms with Crippen LogP contribution in [-0.4, -0.2) is 43.3 Å². The van der Waals surface area contributed by atoms with Gasteiger partial charge in [0.25, 0.3) is 5.91 Å². The van der Waals surface area contributed by atoms with Gasteiger partial charge in [-0.3, -0.25) is 4.79 Å². The maximum atomic E-state index is 12.6. The van der Waals surface area contributed by atoms with Crippen molar-refractivity contribution in [2.75, 3.05) is 20.1 Å². The molecule has 1 aromatic carbocycles. The first-order valence-electron chi connectivity index (χ1n) is 6.50. The van der Waals surface area contributed by atoms with Crippen molar-refractivity contribution in [2.45, 2.75) is 25.3 Å². The lowest BCUT2D eigenvalue weighted by molar-refractivity contribution is -0.169. The summed E-state index contributed by atoms with van der Waals surface area (Å²) in [4.78, 5) is 12.8. The molecule has 1 amide bonds. The van der Waals surface area contributed by atoms with Gasteiger partial charge in [0.15, 0.2) is 0 Å². The molecule has 0 radical (unpaired) electrons. The molecule has 0 aliphatic heterocycles. The first-order valence-corrected chi connectivity index (χ1v) is 6.50. The van der Waals surface area contributed by atoms with E-state index in [1.165, 1.54) is 0 Å². The zero-order chi connectivity index (χ0) is 15.9. The summed E-state index contributed by atoms with van der Waals surface area (Å²) in [6.45, 7) is 1.16. The number of nitrogens with zero attached hydrogens (tertiary/aromatic N) is 1. The molecule has 1 aromatic rings. The van der Waals surface area contributed by atoms with Gasteiger partial charge in [-0.2, -0.15) is 8.78 Å². The molecular weight excluding hydrogens is 288 g/mol. The zero-order valence-electron chi connectivity index (χ0n) is 11.7. The van der Waals surface area contributed by atoms with Crippen LogP contribution in [0.15, 0.2) is 30.3 Å². The highest BCUT2D eigenvalue weighted by molar-refractivity contribution is 5.83. The fraction of sp³-hybridized carbons (Fsp3) is 0.500. The molecule has 3 nitrogen and oxygen atoms in total. The van der Waals surface area contributed by atoms with E-state index in [0.717, 1.165) is 5.56 Å². The van der Waals surface area contributed by atoms with Crippen molar-refractivity contribution in [3.05, 3.63) is 35.9 Å². The van der Waals surface area contributed by atoms with E-state index in [9.17, 15) is 22.4 Å². The molecule has 0 aliphatic carbocycles. The highest BCUT2D eigenvalue weighted by Crippen LogP contribution is 2.22. The number of halogens is 4. The number of carbonyl (C=O) groups is 1. The van der Waals surface area contributed by atoms with Gasteiger partial charge in [-0.25, -0.2) is 8.78 Å². The number of benzene rings is 1. The van der Waals surface area contributed by atoms with Crippen LogP contribution in [-0.2, 0) is 11.3 Å². The Bertz CT molecular complexity index is 440. The number of nitrogens with one attached hydrogen (secondary N) is 1. The Morgan fingerprint density at radius 3 is 2.48 bits per heavy atom. The zero-order valence-corrected chi connectivity index (χ0v) is 11.7. The largest absolute Gasteiger partial charge is 0.383 e. The van der Waals surface area contributed by atoms with Gasteiger partial charge in [-0.1, -0.05) is 30.3 Å². The van der Waals surface area contributed by atoms with E-state index in [1.54, 1.807) is 0 Å². The van der Waals surface area contributed by atoms with Crippen LogP contribution in [0.5, 0.6) is 0 Å². The molecule has 0 saturated carbocycles. The Balaban J connectivity index is 2.24. The van der Waals surface area contributed by atoms with Crippen molar-refractivity contribution >= 4 is 5.91 Å². The normalized spacial score (nSPS) is 12.0. The molecule has 1 N–H and O–H groups in total. The summed E-state index contributed by atoms with van der Waals surface area (Å²) in [5.74, 6) is -6.56. The molecule has 0 atom stereocenters. The van der Waals surface area contributed by atoms with Crippen molar-refractivity contribution in [2.24, 2.45) is 0 Å². The Labute approximate surface area is 120 Å². The number of alkyl halides is 4. The first kappa shape index (κ1) is 17.4. The molecule has 1 rings (SSSR count). The van der Waals surface area contributed by atoms with E-state index < -0.39 is 18.3 Å². The Hall–Kier alpha value is -1.63. The lowest BCUT2D eigenvalue weighted by Gasteiger charge is -2.18. The van der Waals surface area contributed by atoms with Crippen molar-refractivity contribution in [1.29, 1.82) is 0 Å². The van der Waals surface area contributed by atoms with E-state index in [0.29, 0.717) is 19.5 Å². The number of hydrogen-bond donors (Lipinski definition) is 1. The standard InChI is InChI=1S/C14H18F4N2O/c1-20(10-11-6-3-2-4-7-11)9-5-8-19-13(21)14(17,18)12(15)16/h2-4,6-7,12H,5,8-10H2,1H3,(H,19,21). The Kier molecular flexibility index (Phi) is 6.61. The van der Waals surface area contributed by atoms with Gasteiger partial charge in [0.05, 0.1) is 0 Å². The van der Waals surface area contributed by atoms with E-state index in [2.05, 4.69) is 0 Å². The summed E-state index contributed by atoms with van der Waals surface area (Å²) >= 11 is 0. The summed E-state index contributed by atoms with van der Waals surface area (Å²) in [6, 6.07) is 9.65. The van der Waals surface area contributed by atoms with Crippen LogP contribution in [0.4, 0.5) is 17.6 Å². The van der Waals surface area contributed by atoms with Gasteiger partial charge in [0.1, 0.15) is 0 Å². The second-order valence-electron chi connectivity index (χ2n) is 4.76. The highest BCUT2D eigenvalue weighted by atomic mass is 19.3. The Morgan fingerprint density at radius 1 is 1.29 bits per heavy atom. The monoisotopic (exact) mass is 306 g/mol. The second kappa shape index (κ2) is 7.97. The van der Waals surface area contributed by atoms with Crippen molar-refractivity contribution in [3.63, 3.8) is 0 Å². The topological polar surface area (TPSA) is 32.3 Å². The van der Waals surface area contributed by atoms with Gasteiger partial charge in [0.2, 0.25) is 0 Å². The maximum Gasteiger partial charge on any atom is 0.383 e. The molecule has 0 heterocycles. The third kappa shape index (κ3) is 5.71. The van der Waals surface area contributed by atoms with Crippen LogP contribution in [0.3, 0.4) is 0 Å². The minimum Gasteiger partial charge on any atom is -0.351 e. The van der Waals surface area contributed by atoms with Crippen molar-refractivity contribution < 1.29 is 22.4 Å². The van der Waals surface area contributed by atoms with Gasteiger partial charge in [-0.15, -0.1) is 0 Å². The van der Waals surface area contributed by atoms with Gasteiger partial charge in [0, 0.05) is 13.1 Å². The predicted octanol–water partition coefficient (Wildman–Crippen LogP) is 2.53. The van der Waals surface area contributed by atoms with E-state index in [1.807, 2.05) is 47.6 Å². The van der Waals surface area contributed by atoms with Gasteiger partial charge < -0.3 is 10.2 Å². The lowest BCUT2D eigenvalue weighted by atomic mass is 10.2. The minimum atomic E-state index is -4.63. The molecule has 7 heteroatoms. The SMILES string of the molecule is CN(CCCNC(=O)C(F)(F)C(F)F)Cc1ccccc1. The Morgan fingerprint density at radius 2 is 1.90 bits per heavy atom. The average Bonchev–Trinajstić information content (AvgIpc) is 2.44. The van der Waals surface area contributed by atoms with Crippen molar-refractivity contribution in [3.8, 4) is 0 Å². The van der Waals surface area contributed by atoms with E-state index >= 15 is 0 Å². The summed E-state index contributed by atoms with van der Waals surface area (Å²) in [6.07, 6.45) is -3.59. The highest BCUT2D eigenvalue weighted by Gasteiger charge is 2.48. The average molecular weight is 306 g/mol. The lowest BCUT2D eigenvalue weighted by Crippen LogP contribution is -2.45. The number of amides is 1. The fourth-order valence-electron chi connectivity index (χ4n) is 1.74. The third-order valence-electron chi connectivity index (χ3n) is 2.87. The number of hydrogen-bond acceptors (Lipinski definition) is 2. The molecule has 0 aromatic heterocycles. The molecule has 0 saturated heterocycles. The predicted molar refractivity (Wildman–Crippen MR) is 71.4 cm³/mol. The van der Waals surface area contributed by atoms with Crippen LogP contribution < -0.4 is 5.32 Å². The summed E-state index contributed by atoms with van der Waals surface area (Å²) in [7, 11) is 1.85. The molecule has 0 bridgehead atoms. The van der Waals surface area contributed by atoms with E-state index in [-0.39, 0.29) is 6.54 Å². The van der Waals surface area contributed by atoms with Crippen LogP contribution in [0, 0.1) is 0 Å². The summed E-state index contributed by atoms with van der Waals surface area (Å²) in [5, 5.41) is 1.83. The first-order chi connectivity index (χ1) is 9.84.